The molecule has 34 heavy (non-hydrogen) atoms. The SMILES string of the molecule is C/C=C/O.C/C=C\C.CC.CCC(CC#N)N1C(=O)c2ccc3ccccc3c2C1=O.COC. The molecule has 0 saturated heterocycles. The Morgan fingerprint density at radius 1 is 1.00 bits per heavy atom. The van der Waals surface area contributed by atoms with E-state index in [1.165, 1.54) is 4.90 Å². The fourth-order valence-electron chi connectivity index (χ4n) is 2.88. The number of amides is 2. The number of allylic oxidation sites excluding steroid dienone is 3. The molecule has 1 heterocycles. The van der Waals surface area contributed by atoms with Gasteiger partial charge in [-0.1, -0.05) is 69.3 Å². The number of aliphatic hydroxyl groups is 1. The van der Waals surface area contributed by atoms with Crippen molar-refractivity contribution in [2.24, 2.45) is 0 Å². The molecule has 2 aromatic rings. The van der Waals surface area contributed by atoms with Gasteiger partial charge in [0.2, 0.25) is 0 Å². The van der Waals surface area contributed by atoms with E-state index in [0.717, 1.165) is 17.0 Å². The molecule has 6 nitrogen and oxygen atoms in total. The number of imide groups is 1. The molecule has 1 unspecified atom stereocenters. The lowest BCUT2D eigenvalue weighted by Gasteiger charge is -2.22. The van der Waals surface area contributed by atoms with Gasteiger partial charge in [0, 0.05) is 14.2 Å². The summed E-state index contributed by atoms with van der Waals surface area (Å²) in [5.74, 6) is -0.572. The topological polar surface area (TPSA) is 90.6 Å². The second kappa shape index (κ2) is 20.2. The van der Waals surface area contributed by atoms with Gasteiger partial charge in [0.25, 0.3) is 11.8 Å². The van der Waals surface area contributed by atoms with Gasteiger partial charge < -0.3 is 9.84 Å². The fraction of sp³-hybridized carbons (Fsp3) is 0.393. The number of hydrogen-bond donors (Lipinski definition) is 1. The average Bonchev–Trinajstić information content (AvgIpc) is 3.14. The lowest BCUT2D eigenvalue weighted by molar-refractivity contribution is 0.0583. The van der Waals surface area contributed by atoms with Crippen molar-refractivity contribution in [2.45, 2.75) is 60.4 Å². The van der Waals surface area contributed by atoms with Crippen molar-refractivity contribution in [1.82, 2.24) is 4.90 Å². The first-order chi connectivity index (χ1) is 16.4. The molecule has 2 amide bonds. The second-order valence-electron chi connectivity index (χ2n) is 6.67. The van der Waals surface area contributed by atoms with Crippen LogP contribution in [0.5, 0.6) is 0 Å². The number of benzene rings is 2. The zero-order valence-electron chi connectivity index (χ0n) is 21.8. The van der Waals surface area contributed by atoms with Crippen LogP contribution in [0.25, 0.3) is 10.8 Å². The summed E-state index contributed by atoms with van der Waals surface area (Å²) in [6.45, 7) is 11.6. The first-order valence-corrected chi connectivity index (χ1v) is 11.4. The Hall–Kier alpha value is -3.43. The molecule has 1 atom stereocenters. The highest BCUT2D eigenvalue weighted by Gasteiger charge is 2.40. The van der Waals surface area contributed by atoms with Crippen LogP contribution >= 0.6 is 0 Å². The molecule has 1 aliphatic heterocycles. The molecule has 0 bridgehead atoms. The molecule has 1 aliphatic rings. The average molecular weight is 469 g/mol. The molecule has 3 rings (SSSR count). The van der Waals surface area contributed by atoms with E-state index in [9.17, 15) is 9.59 Å². The monoisotopic (exact) mass is 468 g/mol. The maximum atomic E-state index is 12.7. The van der Waals surface area contributed by atoms with Crippen LogP contribution in [-0.4, -0.2) is 42.1 Å². The third-order valence-corrected chi connectivity index (χ3v) is 4.46. The van der Waals surface area contributed by atoms with Crippen LogP contribution in [0.15, 0.2) is 60.9 Å². The molecule has 0 spiro atoms. The Bertz CT molecular complexity index is 941. The quantitative estimate of drug-likeness (QED) is 0.295. The van der Waals surface area contributed by atoms with E-state index in [1.54, 1.807) is 33.3 Å². The molecular weight excluding hydrogens is 428 g/mol. The number of nitrogens with zero attached hydrogens (tertiary/aromatic N) is 2. The zero-order chi connectivity index (χ0) is 26.5. The van der Waals surface area contributed by atoms with Crippen LogP contribution in [0.1, 0.15) is 75.1 Å². The number of nitriles is 1. The van der Waals surface area contributed by atoms with Crippen molar-refractivity contribution < 1.29 is 19.4 Å². The van der Waals surface area contributed by atoms with Crippen molar-refractivity contribution >= 4 is 22.6 Å². The number of methoxy groups -OCH3 is 1. The summed E-state index contributed by atoms with van der Waals surface area (Å²) in [4.78, 5) is 26.5. The van der Waals surface area contributed by atoms with Crippen LogP contribution in [0.4, 0.5) is 0 Å². The van der Waals surface area contributed by atoms with E-state index in [1.807, 2.05) is 77.1 Å². The number of ether oxygens (including phenoxy) is 1. The Labute approximate surface area is 205 Å². The van der Waals surface area contributed by atoms with Gasteiger partial charge in [-0.05, 0) is 44.0 Å². The number of carbonyl (C=O) groups excluding carboxylic acids is 2. The molecule has 0 radical (unpaired) electrons. The third-order valence-electron chi connectivity index (χ3n) is 4.46. The van der Waals surface area contributed by atoms with Crippen LogP contribution in [-0.2, 0) is 4.74 Å². The van der Waals surface area contributed by atoms with Gasteiger partial charge in [-0.2, -0.15) is 5.26 Å². The minimum Gasteiger partial charge on any atom is -0.516 e. The van der Waals surface area contributed by atoms with E-state index >= 15 is 0 Å². The van der Waals surface area contributed by atoms with Crippen LogP contribution < -0.4 is 0 Å². The van der Waals surface area contributed by atoms with Crippen LogP contribution in [0.3, 0.4) is 0 Å². The summed E-state index contributed by atoms with van der Waals surface area (Å²) >= 11 is 0. The summed E-state index contributed by atoms with van der Waals surface area (Å²) in [6.07, 6.45) is 7.30. The van der Waals surface area contributed by atoms with Crippen LogP contribution in [0, 0.1) is 11.3 Å². The summed E-state index contributed by atoms with van der Waals surface area (Å²) < 4.78 is 4.25. The van der Waals surface area contributed by atoms with Gasteiger partial charge in [-0.15, -0.1) is 0 Å². The number of aliphatic hydroxyl groups excluding tert-OH is 1. The maximum Gasteiger partial charge on any atom is 0.262 e. The Morgan fingerprint density at radius 3 is 1.97 bits per heavy atom. The smallest absolute Gasteiger partial charge is 0.262 e. The lowest BCUT2D eigenvalue weighted by Crippen LogP contribution is -2.39. The minimum absolute atomic E-state index is 0.167. The molecular formula is C28H40N2O4. The van der Waals surface area contributed by atoms with E-state index in [2.05, 4.69) is 10.8 Å². The van der Waals surface area contributed by atoms with Gasteiger partial charge in [-0.25, -0.2) is 0 Å². The molecule has 6 heteroatoms. The number of fused-ring (bicyclic) bond motifs is 3. The molecule has 0 fully saturated rings. The molecule has 0 aliphatic carbocycles. The maximum absolute atomic E-state index is 12.7. The minimum atomic E-state index is -0.360. The standard InChI is InChI=1S/C17H14N2O2.C4H8.C3H6O.C2H6O.C2H6/c1-2-12(9-10-18)19-16(20)14-8-7-11-5-3-4-6-13(11)15(14)17(19)21;1-3-4-2;1-2-3-4;1-3-2;1-2/h3-8,12H,2,9H2,1H3;3-4H,1-2H3;2-4H,1H3;1-2H3;1-2H3/b;4-3-;3-2+;;. The molecule has 0 saturated carbocycles. The number of rotatable bonds is 3. The third kappa shape index (κ3) is 9.60. The summed E-state index contributed by atoms with van der Waals surface area (Å²) in [5.41, 5.74) is 0.907. The summed E-state index contributed by atoms with van der Waals surface area (Å²) in [6, 6.07) is 12.8. The second-order valence-corrected chi connectivity index (χ2v) is 6.67. The first-order valence-electron chi connectivity index (χ1n) is 11.4. The molecule has 2 aromatic carbocycles. The fourth-order valence-corrected chi connectivity index (χ4v) is 2.88. The van der Waals surface area contributed by atoms with E-state index in [-0.39, 0.29) is 24.3 Å². The molecule has 0 aromatic heterocycles. The van der Waals surface area contributed by atoms with Crippen molar-refractivity contribution in [2.75, 3.05) is 14.2 Å². The highest BCUT2D eigenvalue weighted by atomic mass is 16.4. The van der Waals surface area contributed by atoms with Gasteiger partial charge in [0.05, 0.1) is 35.9 Å². The van der Waals surface area contributed by atoms with Crippen LogP contribution in [0.2, 0.25) is 0 Å². The zero-order valence-corrected chi connectivity index (χ0v) is 21.8. The normalized spacial score (nSPS) is 12.3. The Balaban J connectivity index is 0. The van der Waals surface area contributed by atoms with Gasteiger partial charge in [0.1, 0.15) is 0 Å². The largest absolute Gasteiger partial charge is 0.516 e. The van der Waals surface area contributed by atoms with Crippen molar-refractivity contribution in [1.29, 1.82) is 5.26 Å². The number of carbonyl (C=O) groups is 2. The lowest BCUT2D eigenvalue weighted by atomic mass is 10.0. The molecule has 186 valence electrons. The van der Waals surface area contributed by atoms with E-state index in [4.69, 9.17) is 10.4 Å². The Kier molecular flexibility index (Phi) is 19.5. The first kappa shape index (κ1) is 32.7. The van der Waals surface area contributed by atoms with Crippen molar-refractivity contribution in [3.8, 4) is 6.07 Å². The van der Waals surface area contributed by atoms with Crippen molar-refractivity contribution in [3.05, 3.63) is 72.0 Å². The highest BCUT2D eigenvalue weighted by Crippen LogP contribution is 2.32. The highest BCUT2D eigenvalue weighted by molar-refractivity contribution is 6.26. The Morgan fingerprint density at radius 2 is 1.53 bits per heavy atom. The van der Waals surface area contributed by atoms with Gasteiger partial charge in [-0.3, -0.25) is 14.5 Å². The van der Waals surface area contributed by atoms with E-state index in [0.29, 0.717) is 17.5 Å². The number of hydrogen-bond acceptors (Lipinski definition) is 5. The molecule has 1 N–H and O–H groups in total. The van der Waals surface area contributed by atoms with Crippen molar-refractivity contribution in [3.63, 3.8) is 0 Å². The van der Waals surface area contributed by atoms with Gasteiger partial charge >= 0.3 is 0 Å². The summed E-state index contributed by atoms with van der Waals surface area (Å²) in [7, 11) is 3.25. The van der Waals surface area contributed by atoms with Gasteiger partial charge in [0.15, 0.2) is 0 Å². The predicted octanol–water partition coefficient (Wildman–Crippen LogP) is 7.08. The predicted molar refractivity (Wildman–Crippen MR) is 141 cm³/mol. The summed E-state index contributed by atoms with van der Waals surface area (Å²) in [5, 5.41) is 18.3. The van der Waals surface area contributed by atoms with E-state index < -0.39 is 0 Å².